The van der Waals surface area contributed by atoms with Crippen molar-refractivity contribution in [2.45, 2.75) is 18.6 Å². The lowest BCUT2D eigenvalue weighted by Crippen LogP contribution is -2.44. The molecular weight excluding hydrogens is 198 g/mol. The Morgan fingerprint density at radius 1 is 1.60 bits per heavy atom. The fourth-order valence-corrected chi connectivity index (χ4v) is 2.38. The Morgan fingerprint density at radius 2 is 2.47 bits per heavy atom. The average Bonchev–Trinajstić information content (AvgIpc) is 2.75. The van der Waals surface area contributed by atoms with E-state index in [2.05, 4.69) is 0 Å². The summed E-state index contributed by atoms with van der Waals surface area (Å²) in [6, 6.07) is -0.148. The van der Waals surface area contributed by atoms with Crippen LogP contribution in [0.3, 0.4) is 0 Å². The predicted octanol–water partition coefficient (Wildman–Crippen LogP) is 0.503. The van der Waals surface area contributed by atoms with Crippen molar-refractivity contribution in [2.24, 2.45) is 5.92 Å². The first-order chi connectivity index (χ1) is 7.27. The first-order valence-corrected chi connectivity index (χ1v) is 4.90. The van der Waals surface area contributed by atoms with Crippen LogP contribution >= 0.6 is 0 Å². The third-order valence-corrected chi connectivity index (χ3v) is 3.08. The molecule has 0 aromatic carbocycles. The van der Waals surface area contributed by atoms with Crippen LogP contribution in [-0.4, -0.2) is 34.9 Å². The van der Waals surface area contributed by atoms with E-state index in [4.69, 9.17) is 14.6 Å². The molecule has 1 saturated heterocycles. The van der Waals surface area contributed by atoms with Crippen molar-refractivity contribution in [3.63, 3.8) is 0 Å². The number of nitrogens with zero attached hydrogens (tertiary/aromatic N) is 1. The second-order valence-corrected chi connectivity index (χ2v) is 3.88. The summed E-state index contributed by atoms with van der Waals surface area (Å²) in [5.74, 6) is -0.451. The molecule has 0 aliphatic carbocycles. The highest BCUT2D eigenvalue weighted by molar-refractivity contribution is 5.72. The lowest BCUT2D eigenvalue weighted by Gasteiger charge is -2.32. The molecule has 0 bridgehead atoms. The Bertz CT molecular complexity index is 362. The SMILES string of the molecule is O=C(O)C1CC=CN2C=C3OCOC3C12. The van der Waals surface area contributed by atoms with Crippen LogP contribution in [0.4, 0.5) is 0 Å². The summed E-state index contributed by atoms with van der Waals surface area (Å²) in [7, 11) is 0. The van der Waals surface area contributed by atoms with Gasteiger partial charge in [-0.05, 0) is 6.42 Å². The molecule has 3 aliphatic rings. The molecule has 5 nitrogen and oxygen atoms in total. The summed E-state index contributed by atoms with van der Waals surface area (Å²) in [6.45, 7) is 0.233. The van der Waals surface area contributed by atoms with E-state index < -0.39 is 11.9 Å². The third kappa shape index (κ3) is 1.16. The smallest absolute Gasteiger partial charge is 0.309 e. The summed E-state index contributed by atoms with van der Waals surface area (Å²) in [5, 5.41) is 9.13. The molecule has 3 rings (SSSR count). The second kappa shape index (κ2) is 3.00. The van der Waals surface area contributed by atoms with Gasteiger partial charge in [0.25, 0.3) is 0 Å². The number of carboxylic acid groups (broad SMARTS) is 1. The predicted molar refractivity (Wildman–Crippen MR) is 49.4 cm³/mol. The molecule has 0 spiro atoms. The number of hydrogen-bond acceptors (Lipinski definition) is 4. The minimum absolute atomic E-state index is 0.148. The maximum absolute atomic E-state index is 11.1. The Morgan fingerprint density at radius 3 is 3.27 bits per heavy atom. The van der Waals surface area contributed by atoms with E-state index in [0.29, 0.717) is 6.42 Å². The number of fused-ring (bicyclic) bond motifs is 3. The van der Waals surface area contributed by atoms with Crippen molar-refractivity contribution < 1.29 is 19.4 Å². The van der Waals surface area contributed by atoms with Gasteiger partial charge in [-0.25, -0.2) is 0 Å². The molecule has 3 atom stereocenters. The maximum Gasteiger partial charge on any atom is 0.309 e. The van der Waals surface area contributed by atoms with Gasteiger partial charge in [0.15, 0.2) is 6.79 Å². The molecule has 0 saturated carbocycles. The van der Waals surface area contributed by atoms with E-state index >= 15 is 0 Å². The molecule has 0 aromatic rings. The third-order valence-electron chi connectivity index (χ3n) is 3.08. The zero-order valence-corrected chi connectivity index (χ0v) is 8.00. The van der Waals surface area contributed by atoms with Crippen molar-refractivity contribution in [3.05, 3.63) is 24.2 Å². The van der Waals surface area contributed by atoms with Crippen LogP contribution in [0.15, 0.2) is 24.2 Å². The summed E-state index contributed by atoms with van der Waals surface area (Å²) < 4.78 is 10.7. The molecule has 5 heteroatoms. The van der Waals surface area contributed by atoms with E-state index in [1.807, 2.05) is 23.4 Å². The van der Waals surface area contributed by atoms with Crippen molar-refractivity contribution >= 4 is 5.97 Å². The van der Waals surface area contributed by atoms with Gasteiger partial charge in [-0.15, -0.1) is 0 Å². The van der Waals surface area contributed by atoms with Gasteiger partial charge < -0.3 is 19.5 Å². The average molecular weight is 209 g/mol. The number of hydrogen-bond donors (Lipinski definition) is 1. The summed E-state index contributed by atoms with van der Waals surface area (Å²) in [6.07, 6.45) is 5.93. The molecule has 80 valence electrons. The van der Waals surface area contributed by atoms with Crippen LogP contribution in [0.5, 0.6) is 0 Å². The van der Waals surface area contributed by atoms with Gasteiger partial charge in [-0.2, -0.15) is 0 Å². The molecule has 1 N–H and O–H groups in total. The Labute approximate surface area is 86.6 Å². The highest BCUT2D eigenvalue weighted by Crippen LogP contribution is 2.37. The lowest BCUT2D eigenvalue weighted by molar-refractivity contribution is -0.145. The van der Waals surface area contributed by atoms with Gasteiger partial charge in [0.2, 0.25) is 0 Å². The first kappa shape index (κ1) is 8.79. The van der Waals surface area contributed by atoms with E-state index in [9.17, 15) is 4.79 Å². The van der Waals surface area contributed by atoms with Crippen molar-refractivity contribution in [3.8, 4) is 0 Å². The zero-order chi connectivity index (χ0) is 10.4. The van der Waals surface area contributed by atoms with Crippen LogP contribution in [0.25, 0.3) is 0 Å². The molecule has 1 fully saturated rings. The minimum atomic E-state index is -0.778. The fourth-order valence-electron chi connectivity index (χ4n) is 2.38. The highest BCUT2D eigenvalue weighted by atomic mass is 16.7. The number of ether oxygens (including phenoxy) is 2. The Hall–Kier alpha value is -1.49. The van der Waals surface area contributed by atoms with E-state index in [1.165, 1.54) is 0 Å². The van der Waals surface area contributed by atoms with Crippen LogP contribution in [0, 0.1) is 5.92 Å². The number of allylic oxidation sites excluding steroid dienone is 1. The first-order valence-electron chi connectivity index (χ1n) is 4.90. The second-order valence-electron chi connectivity index (χ2n) is 3.88. The number of rotatable bonds is 1. The Kier molecular flexibility index (Phi) is 1.76. The quantitative estimate of drug-likeness (QED) is 0.681. The van der Waals surface area contributed by atoms with E-state index in [-0.39, 0.29) is 18.9 Å². The largest absolute Gasteiger partial charge is 0.481 e. The van der Waals surface area contributed by atoms with Crippen LogP contribution in [0.1, 0.15) is 6.42 Å². The maximum atomic E-state index is 11.1. The molecule has 0 amide bonds. The lowest BCUT2D eigenvalue weighted by atomic mass is 9.90. The van der Waals surface area contributed by atoms with E-state index in [0.717, 1.165) is 5.76 Å². The zero-order valence-electron chi connectivity index (χ0n) is 8.00. The molecule has 0 radical (unpaired) electrons. The van der Waals surface area contributed by atoms with Gasteiger partial charge in [-0.3, -0.25) is 4.79 Å². The van der Waals surface area contributed by atoms with Crippen molar-refractivity contribution in [1.82, 2.24) is 4.90 Å². The highest BCUT2D eigenvalue weighted by Gasteiger charge is 2.47. The van der Waals surface area contributed by atoms with Crippen LogP contribution in [-0.2, 0) is 14.3 Å². The summed E-state index contributed by atoms with van der Waals surface area (Å²) in [5.41, 5.74) is 0. The number of aliphatic carboxylic acids is 1. The van der Waals surface area contributed by atoms with E-state index in [1.54, 1.807) is 0 Å². The molecule has 3 heterocycles. The molecular formula is C10H11NO4. The number of carboxylic acids is 1. The topological polar surface area (TPSA) is 59.0 Å². The van der Waals surface area contributed by atoms with Gasteiger partial charge in [0, 0.05) is 12.4 Å². The van der Waals surface area contributed by atoms with Crippen LogP contribution < -0.4 is 0 Å². The summed E-state index contributed by atoms with van der Waals surface area (Å²) in [4.78, 5) is 13.0. The summed E-state index contributed by atoms with van der Waals surface area (Å²) >= 11 is 0. The molecule has 3 unspecified atom stereocenters. The standard InChI is InChI=1S/C10H11NO4/c12-10(13)6-2-1-3-11-4-7-9(8(6)11)15-5-14-7/h1,3-4,6,8-9H,2,5H2,(H,12,13). The molecule has 3 aliphatic heterocycles. The molecule has 0 aromatic heterocycles. The Balaban J connectivity index is 1.94. The van der Waals surface area contributed by atoms with Crippen LogP contribution in [0.2, 0.25) is 0 Å². The van der Waals surface area contributed by atoms with Crippen molar-refractivity contribution in [2.75, 3.05) is 6.79 Å². The normalized spacial score (nSPS) is 36.9. The monoisotopic (exact) mass is 209 g/mol. The minimum Gasteiger partial charge on any atom is -0.481 e. The van der Waals surface area contributed by atoms with Crippen molar-refractivity contribution in [1.29, 1.82) is 0 Å². The van der Waals surface area contributed by atoms with Gasteiger partial charge in [0.1, 0.15) is 11.9 Å². The van der Waals surface area contributed by atoms with Gasteiger partial charge in [-0.1, -0.05) is 6.08 Å². The van der Waals surface area contributed by atoms with Gasteiger partial charge >= 0.3 is 5.97 Å². The molecule has 15 heavy (non-hydrogen) atoms. The fraction of sp³-hybridized carbons (Fsp3) is 0.500. The van der Waals surface area contributed by atoms with Gasteiger partial charge in [0.05, 0.1) is 12.0 Å². The number of carbonyl (C=O) groups is 1.